The highest BCUT2D eigenvalue weighted by Gasteiger charge is 2.23. The van der Waals surface area contributed by atoms with Gasteiger partial charge in [0.1, 0.15) is 0 Å². The highest BCUT2D eigenvalue weighted by molar-refractivity contribution is 6.23. The van der Waals surface area contributed by atoms with Crippen LogP contribution in [0.1, 0.15) is 0 Å². The van der Waals surface area contributed by atoms with Gasteiger partial charge in [0, 0.05) is 38.4 Å². The van der Waals surface area contributed by atoms with E-state index in [1.807, 2.05) is 12.1 Å². The van der Waals surface area contributed by atoms with Crippen molar-refractivity contribution in [2.45, 2.75) is 0 Å². The summed E-state index contributed by atoms with van der Waals surface area (Å²) in [7, 11) is 0. The molecule has 0 saturated carbocycles. The van der Waals surface area contributed by atoms with Crippen molar-refractivity contribution >= 4 is 43.6 Å². The predicted molar refractivity (Wildman–Crippen MR) is 232 cm³/mol. The Hall–Kier alpha value is -7.56. The van der Waals surface area contributed by atoms with Gasteiger partial charge in [0.2, 0.25) is 5.95 Å². The smallest absolute Gasteiger partial charge is 0.235 e. The van der Waals surface area contributed by atoms with E-state index >= 15 is 0 Å². The number of fused-ring (bicyclic) bond motifs is 7. The molecule has 0 atom stereocenters. The fourth-order valence-electron chi connectivity index (χ4n) is 8.36. The summed E-state index contributed by atoms with van der Waals surface area (Å²) in [5.41, 5.74) is 13.9. The minimum Gasteiger partial charge on any atom is -0.307 e. The highest BCUT2D eigenvalue weighted by atomic mass is 15.2. The van der Waals surface area contributed by atoms with E-state index in [4.69, 9.17) is 9.97 Å². The van der Waals surface area contributed by atoms with Crippen molar-refractivity contribution in [3.63, 3.8) is 0 Å². The summed E-state index contributed by atoms with van der Waals surface area (Å²) in [5, 5.41) is 4.66. The van der Waals surface area contributed by atoms with E-state index in [1.165, 1.54) is 21.9 Å². The van der Waals surface area contributed by atoms with Crippen LogP contribution in [0.2, 0.25) is 0 Å². The second-order valence-corrected chi connectivity index (χ2v) is 14.2. The Balaban J connectivity index is 1.29. The van der Waals surface area contributed by atoms with Crippen molar-refractivity contribution in [1.29, 1.82) is 0 Å². The van der Waals surface area contributed by atoms with Crippen molar-refractivity contribution in [1.82, 2.24) is 19.1 Å². The molecule has 0 N–H and O–H groups in total. The van der Waals surface area contributed by atoms with E-state index in [2.05, 4.69) is 203 Å². The molecule has 0 aliphatic heterocycles. The first kappa shape index (κ1) is 31.9. The standard InChI is InChI=1S/C52H34N4/c1-5-17-35(18-6-1)39-31-40(36-19-7-2-8-20-36)33-41(32-39)55-48-27-15-13-25-42(48)44-29-30-45-43-26-14-16-28-49(43)56(51(45)50(44)55)52-53-46(37-21-9-3-10-22-37)34-47(54-52)38-23-11-4-12-24-38/h1-34H. The van der Waals surface area contributed by atoms with Gasteiger partial charge in [-0.3, -0.25) is 4.57 Å². The molecule has 11 rings (SSSR count). The van der Waals surface area contributed by atoms with Crippen LogP contribution in [0, 0.1) is 0 Å². The van der Waals surface area contributed by atoms with Gasteiger partial charge in [-0.1, -0.05) is 170 Å². The first-order valence-corrected chi connectivity index (χ1v) is 19.0. The van der Waals surface area contributed by atoms with Crippen LogP contribution in [0.5, 0.6) is 0 Å². The van der Waals surface area contributed by atoms with Gasteiger partial charge in [0.15, 0.2) is 0 Å². The molecule has 8 aromatic carbocycles. The topological polar surface area (TPSA) is 35.6 Å². The Kier molecular flexibility index (Phi) is 7.46. The Labute approximate surface area is 324 Å². The molecule has 4 heteroatoms. The fourth-order valence-corrected chi connectivity index (χ4v) is 8.36. The molecule has 0 aliphatic carbocycles. The molecular formula is C52H34N4. The fraction of sp³-hybridized carbons (Fsp3) is 0. The number of para-hydroxylation sites is 2. The maximum atomic E-state index is 5.39. The molecule has 0 radical (unpaired) electrons. The van der Waals surface area contributed by atoms with Gasteiger partial charge in [-0.15, -0.1) is 0 Å². The monoisotopic (exact) mass is 714 g/mol. The normalized spacial score (nSPS) is 11.6. The van der Waals surface area contributed by atoms with Gasteiger partial charge in [0.05, 0.1) is 33.5 Å². The quantitative estimate of drug-likeness (QED) is 0.172. The van der Waals surface area contributed by atoms with E-state index in [1.54, 1.807) is 0 Å². The zero-order valence-electron chi connectivity index (χ0n) is 30.4. The molecule has 0 fully saturated rings. The molecule has 0 aliphatic rings. The van der Waals surface area contributed by atoms with Gasteiger partial charge >= 0.3 is 0 Å². The lowest BCUT2D eigenvalue weighted by molar-refractivity contribution is 0.995. The summed E-state index contributed by atoms with van der Waals surface area (Å²) in [6.07, 6.45) is 0. The molecular weight excluding hydrogens is 681 g/mol. The molecule has 3 aromatic heterocycles. The van der Waals surface area contributed by atoms with Crippen molar-refractivity contribution in [3.05, 3.63) is 206 Å². The third kappa shape index (κ3) is 5.23. The zero-order valence-corrected chi connectivity index (χ0v) is 30.4. The Morgan fingerprint density at radius 1 is 0.286 bits per heavy atom. The molecule has 0 saturated heterocycles. The predicted octanol–water partition coefficient (Wildman–Crippen LogP) is 13.3. The molecule has 0 unspecified atom stereocenters. The minimum atomic E-state index is 0.628. The summed E-state index contributed by atoms with van der Waals surface area (Å²) in [5.74, 6) is 0.628. The van der Waals surface area contributed by atoms with E-state index in [9.17, 15) is 0 Å². The Morgan fingerprint density at radius 3 is 1.16 bits per heavy atom. The van der Waals surface area contributed by atoms with E-state index in [-0.39, 0.29) is 0 Å². The van der Waals surface area contributed by atoms with Crippen molar-refractivity contribution in [2.75, 3.05) is 0 Å². The SMILES string of the molecule is c1ccc(-c2cc(-c3ccccc3)cc(-n3c4ccccc4c4ccc5c6ccccc6n(-c6nc(-c7ccccc7)cc(-c7ccccc7)n6)c5c43)c2)cc1. The highest BCUT2D eigenvalue weighted by Crippen LogP contribution is 2.43. The maximum absolute atomic E-state index is 5.39. The number of rotatable bonds is 6. The van der Waals surface area contributed by atoms with Crippen LogP contribution >= 0.6 is 0 Å². The largest absolute Gasteiger partial charge is 0.307 e. The van der Waals surface area contributed by atoms with E-state index in [0.29, 0.717) is 5.95 Å². The second-order valence-electron chi connectivity index (χ2n) is 14.2. The van der Waals surface area contributed by atoms with E-state index < -0.39 is 0 Å². The average Bonchev–Trinajstić information content (AvgIpc) is 3.81. The van der Waals surface area contributed by atoms with Crippen molar-refractivity contribution < 1.29 is 0 Å². The first-order valence-electron chi connectivity index (χ1n) is 19.0. The second kappa shape index (κ2) is 13.1. The molecule has 0 amide bonds. The van der Waals surface area contributed by atoms with Crippen LogP contribution in [0.4, 0.5) is 0 Å². The van der Waals surface area contributed by atoms with Gasteiger partial charge in [-0.25, -0.2) is 9.97 Å². The number of hydrogen-bond donors (Lipinski definition) is 0. The Morgan fingerprint density at radius 2 is 0.679 bits per heavy atom. The third-order valence-corrected chi connectivity index (χ3v) is 10.9. The molecule has 262 valence electrons. The lowest BCUT2D eigenvalue weighted by Gasteiger charge is -2.16. The summed E-state index contributed by atoms with van der Waals surface area (Å²) in [4.78, 5) is 10.8. The summed E-state index contributed by atoms with van der Waals surface area (Å²) in [6, 6.07) is 73.2. The van der Waals surface area contributed by atoms with Crippen LogP contribution in [0.15, 0.2) is 206 Å². The van der Waals surface area contributed by atoms with Gasteiger partial charge < -0.3 is 4.57 Å². The van der Waals surface area contributed by atoms with Crippen LogP contribution in [-0.4, -0.2) is 19.1 Å². The molecule has 3 heterocycles. The third-order valence-electron chi connectivity index (χ3n) is 10.9. The minimum absolute atomic E-state index is 0.628. The molecule has 0 spiro atoms. The number of benzene rings is 8. The van der Waals surface area contributed by atoms with Crippen molar-refractivity contribution in [3.8, 4) is 56.4 Å². The summed E-state index contributed by atoms with van der Waals surface area (Å²) < 4.78 is 4.75. The average molecular weight is 715 g/mol. The lowest BCUT2D eigenvalue weighted by atomic mass is 9.98. The maximum Gasteiger partial charge on any atom is 0.235 e. The van der Waals surface area contributed by atoms with Crippen molar-refractivity contribution in [2.24, 2.45) is 0 Å². The number of nitrogens with zero attached hydrogens (tertiary/aromatic N) is 4. The summed E-state index contributed by atoms with van der Waals surface area (Å²) >= 11 is 0. The molecule has 4 nitrogen and oxygen atoms in total. The Bertz CT molecular complexity index is 2880. The van der Waals surface area contributed by atoms with Crippen LogP contribution < -0.4 is 0 Å². The lowest BCUT2D eigenvalue weighted by Crippen LogP contribution is -2.05. The number of hydrogen-bond acceptors (Lipinski definition) is 2. The van der Waals surface area contributed by atoms with Gasteiger partial charge in [-0.2, -0.15) is 0 Å². The molecule has 0 bridgehead atoms. The molecule has 56 heavy (non-hydrogen) atoms. The van der Waals surface area contributed by atoms with Crippen LogP contribution in [-0.2, 0) is 0 Å². The zero-order chi connectivity index (χ0) is 37.0. The molecule has 11 aromatic rings. The van der Waals surface area contributed by atoms with E-state index in [0.717, 1.165) is 72.2 Å². The van der Waals surface area contributed by atoms with Crippen LogP contribution in [0.3, 0.4) is 0 Å². The van der Waals surface area contributed by atoms with Crippen LogP contribution in [0.25, 0.3) is 100 Å². The van der Waals surface area contributed by atoms with Gasteiger partial charge in [-0.05, 0) is 58.7 Å². The van der Waals surface area contributed by atoms with Gasteiger partial charge in [0.25, 0.3) is 0 Å². The summed E-state index contributed by atoms with van der Waals surface area (Å²) in [6.45, 7) is 0. The number of aromatic nitrogens is 4. The first-order chi connectivity index (χ1) is 27.8.